The number of aliphatic imine (C=N–C) groups is 2. The molecule has 144 valence electrons. The second-order valence-corrected chi connectivity index (χ2v) is 6.60. The predicted octanol–water partition coefficient (Wildman–Crippen LogP) is 1.02. The first kappa shape index (κ1) is 17.8. The van der Waals surface area contributed by atoms with E-state index < -0.39 is 11.8 Å². The van der Waals surface area contributed by atoms with Gasteiger partial charge in [-0.25, -0.2) is 4.99 Å². The Kier molecular flexibility index (Phi) is 4.60. The van der Waals surface area contributed by atoms with Gasteiger partial charge in [0.1, 0.15) is 11.6 Å². The van der Waals surface area contributed by atoms with Crippen molar-refractivity contribution < 1.29 is 18.8 Å². The minimum absolute atomic E-state index is 0.0911. The van der Waals surface area contributed by atoms with E-state index >= 15 is 0 Å². The fraction of sp³-hybridized carbons (Fsp3) is 0.333. The first-order valence-electron chi connectivity index (χ1n) is 8.90. The van der Waals surface area contributed by atoms with Gasteiger partial charge in [0.2, 0.25) is 0 Å². The number of amides is 3. The molecular weight excluding hydrogens is 364 g/mol. The number of carbonyl (C=O) groups excluding carboxylic acids is 3. The molecule has 0 bridgehead atoms. The molecule has 0 spiro atoms. The van der Waals surface area contributed by atoms with Crippen molar-refractivity contribution in [3.63, 3.8) is 0 Å². The number of aromatic nitrogens is 2. The Morgan fingerprint density at radius 3 is 2.96 bits per heavy atom. The quantitative estimate of drug-likeness (QED) is 0.766. The lowest BCUT2D eigenvalue weighted by Crippen LogP contribution is -2.36. The van der Waals surface area contributed by atoms with Gasteiger partial charge in [0.25, 0.3) is 11.9 Å². The number of rotatable bonds is 3. The monoisotopic (exact) mass is 382 g/mol. The normalized spacial score (nSPS) is 18.3. The first-order valence-corrected chi connectivity index (χ1v) is 8.90. The van der Waals surface area contributed by atoms with Gasteiger partial charge in [0.05, 0.1) is 24.4 Å². The van der Waals surface area contributed by atoms with Gasteiger partial charge < -0.3 is 15.1 Å². The van der Waals surface area contributed by atoms with Gasteiger partial charge in [-0.3, -0.25) is 14.4 Å². The average Bonchev–Trinajstić information content (AvgIpc) is 3.40. The van der Waals surface area contributed by atoms with Crippen LogP contribution in [0, 0.1) is 12.8 Å². The number of hydrogen-bond acceptors (Lipinski definition) is 6. The zero-order chi connectivity index (χ0) is 19.7. The lowest BCUT2D eigenvalue weighted by atomic mass is 10.1. The van der Waals surface area contributed by atoms with Crippen LogP contribution in [0.2, 0.25) is 0 Å². The fourth-order valence-electron chi connectivity index (χ4n) is 3.23. The number of furan rings is 1. The molecule has 2 aromatic heterocycles. The Hall–Kier alpha value is -3.56. The average molecular weight is 382 g/mol. The van der Waals surface area contributed by atoms with Gasteiger partial charge >= 0.3 is 11.8 Å². The maximum Gasteiger partial charge on any atom is 0.314 e. The third-order valence-corrected chi connectivity index (χ3v) is 4.55. The van der Waals surface area contributed by atoms with E-state index in [1.807, 2.05) is 0 Å². The molecule has 2 aliphatic rings. The number of carbonyl (C=O) groups is 3. The molecule has 10 heteroatoms. The van der Waals surface area contributed by atoms with Gasteiger partial charge in [-0.2, -0.15) is 14.8 Å². The van der Waals surface area contributed by atoms with Crippen LogP contribution in [-0.4, -0.2) is 39.2 Å². The van der Waals surface area contributed by atoms with E-state index in [0.717, 1.165) is 25.0 Å². The molecule has 0 aromatic carbocycles. The van der Waals surface area contributed by atoms with Crippen molar-refractivity contribution in [3.05, 3.63) is 35.9 Å². The lowest BCUT2D eigenvalue weighted by molar-refractivity contribution is -0.136. The van der Waals surface area contributed by atoms with E-state index in [0.29, 0.717) is 11.5 Å². The Morgan fingerprint density at radius 1 is 1.32 bits per heavy atom. The highest BCUT2D eigenvalue weighted by Gasteiger charge is 2.33. The molecule has 3 heterocycles. The van der Waals surface area contributed by atoms with Gasteiger partial charge in [-0.1, -0.05) is 0 Å². The Morgan fingerprint density at radius 2 is 2.18 bits per heavy atom. The highest BCUT2D eigenvalue weighted by Crippen LogP contribution is 2.27. The summed E-state index contributed by atoms with van der Waals surface area (Å²) in [7, 11) is 0. The lowest BCUT2D eigenvalue weighted by Gasteiger charge is -2.15. The van der Waals surface area contributed by atoms with E-state index in [1.54, 1.807) is 25.1 Å². The van der Waals surface area contributed by atoms with Gasteiger partial charge in [0.15, 0.2) is 0 Å². The number of fused-ring (bicyclic) bond motifs is 1. The molecule has 0 radical (unpaired) electrons. The molecule has 1 aliphatic heterocycles. The zero-order valence-corrected chi connectivity index (χ0v) is 15.1. The molecule has 28 heavy (non-hydrogen) atoms. The molecule has 2 aromatic rings. The van der Waals surface area contributed by atoms with E-state index in [1.165, 1.54) is 10.9 Å². The van der Waals surface area contributed by atoms with Crippen LogP contribution in [0.3, 0.4) is 0 Å². The number of aryl methyl sites for hydroxylation is 1. The summed E-state index contributed by atoms with van der Waals surface area (Å²) in [5.41, 5.74) is 1.37. The van der Waals surface area contributed by atoms with E-state index in [4.69, 9.17) is 4.42 Å². The highest BCUT2D eigenvalue weighted by molar-refractivity contribution is 6.39. The topological polar surface area (TPSA) is 131 Å². The second kappa shape index (κ2) is 7.22. The van der Waals surface area contributed by atoms with E-state index in [-0.39, 0.29) is 30.1 Å². The Balaban J connectivity index is 1.49. The molecule has 3 amide bonds. The van der Waals surface area contributed by atoms with Crippen LogP contribution in [0.1, 0.15) is 30.7 Å². The summed E-state index contributed by atoms with van der Waals surface area (Å²) in [5, 5.41) is 9.20. The first-order chi connectivity index (χ1) is 13.5. The third-order valence-electron chi connectivity index (χ3n) is 4.55. The summed E-state index contributed by atoms with van der Waals surface area (Å²) in [4.78, 5) is 45.0. The molecule has 1 saturated carbocycles. The molecule has 2 N–H and O–H groups in total. The van der Waals surface area contributed by atoms with Gasteiger partial charge in [-0.15, -0.1) is 0 Å². The SMILES string of the molecule is Cc1cc(NC(=O)C(=O)NCc2ccco2)n(C2=NC(=O)C3CCCC3=N2)n1. The van der Waals surface area contributed by atoms with E-state index in [2.05, 4.69) is 25.7 Å². The number of hydrogen-bond donors (Lipinski definition) is 2. The number of nitrogens with one attached hydrogen (secondary N) is 2. The van der Waals surface area contributed by atoms with Crippen molar-refractivity contribution in [2.45, 2.75) is 32.7 Å². The molecule has 0 saturated heterocycles. The van der Waals surface area contributed by atoms with Crippen LogP contribution in [-0.2, 0) is 20.9 Å². The van der Waals surface area contributed by atoms with Crippen LogP contribution >= 0.6 is 0 Å². The molecule has 1 aliphatic carbocycles. The molecular formula is C18H18N6O4. The van der Waals surface area contributed by atoms with Crippen LogP contribution < -0.4 is 10.6 Å². The smallest absolute Gasteiger partial charge is 0.314 e. The molecule has 10 nitrogen and oxygen atoms in total. The van der Waals surface area contributed by atoms with Gasteiger partial charge in [0, 0.05) is 11.8 Å². The Bertz CT molecular complexity index is 1000. The molecule has 4 rings (SSSR count). The standard InChI is InChI=1S/C18H18N6O4/c1-10-8-14(21-17(27)16(26)19-9-11-4-3-7-28-11)24(23-10)18-20-13-6-2-5-12(13)15(25)22-18/h3-4,7-8,12H,2,5-6,9H2,1H3,(H,19,26)(H,21,27). The van der Waals surface area contributed by atoms with Crippen molar-refractivity contribution in [3.8, 4) is 0 Å². The summed E-state index contributed by atoms with van der Waals surface area (Å²) in [6.45, 7) is 1.81. The number of nitrogens with zero attached hydrogens (tertiary/aromatic N) is 4. The number of anilines is 1. The van der Waals surface area contributed by atoms with Crippen LogP contribution in [0.4, 0.5) is 5.82 Å². The minimum Gasteiger partial charge on any atom is -0.467 e. The van der Waals surface area contributed by atoms with Gasteiger partial charge in [-0.05, 0) is 38.3 Å². The maximum atomic E-state index is 12.2. The maximum absolute atomic E-state index is 12.2. The molecule has 1 unspecified atom stereocenters. The molecule has 1 atom stereocenters. The zero-order valence-electron chi connectivity index (χ0n) is 15.1. The summed E-state index contributed by atoms with van der Waals surface area (Å²) in [6.07, 6.45) is 3.87. The van der Waals surface area contributed by atoms with Crippen LogP contribution in [0.15, 0.2) is 38.9 Å². The van der Waals surface area contributed by atoms with Crippen molar-refractivity contribution in [1.29, 1.82) is 0 Å². The minimum atomic E-state index is -0.873. The summed E-state index contributed by atoms with van der Waals surface area (Å²) in [5.74, 6) is -1.36. The highest BCUT2D eigenvalue weighted by atomic mass is 16.3. The van der Waals surface area contributed by atoms with Crippen molar-refractivity contribution in [2.24, 2.45) is 15.9 Å². The second-order valence-electron chi connectivity index (χ2n) is 6.60. The van der Waals surface area contributed by atoms with Crippen molar-refractivity contribution in [2.75, 3.05) is 5.32 Å². The summed E-state index contributed by atoms with van der Waals surface area (Å²) >= 11 is 0. The summed E-state index contributed by atoms with van der Waals surface area (Å²) < 4.78 is 6.38. The van der Waals surface area contributed by atoms with E-state index in [9.17, 15) is 14.4 Å². The van der Waals surface area contributed by atoms with Crippen LogP contribution in [0.5, 0.6) is 0 Å². The summed E-state index contributed by atoms with van der Waals surface area (Å²) in [6, 6.07) is 4.95. The fourth-order valence-corrected chi connectivity index (χ4v) is 3.23. The van der Waals surface area contributed by atoms with Crippen molar-refractivity contribution in [1.82, 2.24) is 15.1 Å². The predicted molar refractivity (Wildman–Crippen MR) is 98.8 cm³/mol. The largest absolute Gasteiger partial charge is 0.467 e. The third kappa shape index (κ3) is 3.48. The van der Waals surface area contributed by atoms with Crippen LogP contribution in [0.25, 0.3) is 0 Å². The van der Waals surface area contributed by atoms with Crippen molar-refractivity contribution >= 4 is 35.2 Å². The Labute approximate surface area is 159 Å². The molecule has 1 fully saturated rings.